The summed E-state index contributed by atoms with van der Waals surface area (Å²) >= 11 is 5.83. The molecule has 0 fully saturated rings. The van der Waals surface area contributed by atoms with Crippen molar-refractivity contribution in [3.63, 3.8) is 0 Å². The zero-order valence-corrected chi connectivity index (χ0v) is 14.1. The zero-order valence-electron chi connectivity index (χ0n) is 13.3. The summed E-state index contributed by atoms with van der Waals surface area (Å²) in [5, 5.41) is 6.69. The first-order valence-corrected chi connectivity index (χ1v) is 7.89. The summed E-state index contributed by atoms with van der Waals surface area (Å²) in [6.07, 6.45) is 0.354. The van der Waals surface area contributed by atoms with Gasteiger partial charge in [0.05, 0.1) is 12.7 Å². The number of ether oxygens (including phenoxy) is 1. The molecule has 5 nitrogen and oxygen atoms in total. The van der Waals surface area contributed by atoms with Gasteiger partial charge in [-0.15, -0.1) is 0 Å². The second-order valence-electron chi connectivity index (χ2n) is 5.17. The topological polar surface area (TPSA) is 67.4 Å². The van der Waals surface area contributed by atoms with E-state index in [4.69, 9.17) is 11.6 Å². The molecule has 6 heteroatoms. The van der Waals surface area contributed by atoms with Crippen molar-refractivity contribution < 1.29 is 14.3 Å². The number of benzene rings is 2. The largest absolute Gasteiger partial charge is 0.465 e. The third-order valence-electron chi connectivity index (χ3n) is 3.36. The number of amides is 1. The van der Waals surface area contributed by atoms with Gasteiger partial charge in [0.25, 0.3) is 0 Å². The number of esters is 1. The molecule has 0 saturated heterocycles. The molecule has 0 radical (unpaired) electrons. The minimum absolute atomic E-state index is 0.0931. The molecule has 2 rings (SSSR count). The Hall–Kier alpha value is -2.37. The highest BCUT2D eigenvalue weighted by Crippen LogP contribution is 2.11. The first-order valence-electron chi connectivity index (χ1n) is 7.52. The maximum absolute atomic E-state index is 11.9. The van der Waals surface area contributed by atoms with E-state index in [0.29, 0.717) is 35.8 Å². The third-order valence-corrected chi connectivity index (χ3v) is 3.61. The van der Waals surface area contributed by atoms with Gasteiger partial charge < -0.3 is 15.4 Å². The molecule has 0 atom stereocenters. The maximum atomic E-state index is 11.9. The lowest BCUT2D eigenvalue weighted by Crippen LogP contribution is -2.21. The molecule has 0 heterocycles. The van der Waals surface area contributed by atoms with Gasteiger partial charge in [0.2, 0.25) is 5.91 Å². The summed E-state index contributed by atoms with van der Waals surface area (Å²) in [5.74, 6) is -0.497. The molecule has 2 aromatic carbocycles. The van der Waals surface area contributed by atoms with Gasteiger partial charge in [0.15, 0.2) is 0 Å². The summed E-state index contributed by atoms with van der Waals surface area (Å²) in [5.41, 5.74) is 2.20. The predicted molar refractivity (Wildman–Crippen MR) is 94.2 cm³/mol. The predicted octanol–water partition coefficient (Wildman–Crippen LogP) is 3.25. The van der Waals surface area contributed by atoms with Crippen molar-refractivity contribution in [2.24, 2.45) is 0 Å². The van der Waals surface area contributed by atoms with Crippen molar-refractivity contribution in [3.05, 3.63) is 64.7 Å². The molecule has 2 aromatic rings. The van der Waals surface area contributed by atoms with Crippen LogP contribution in [0.2, 0.25) is 5.02 Å². The van der Waals surface area contributed by atoms with Crippen molar-refractivity contribution in [2.45, 2.75) is 13.0 Å². The molecular formula is C18H19ClN2O3. The second kappa shape index (κ2) is 9.05. The molecule has 0 aromatic heterocycles. The molecule has 0 unspecified atom stereocenters. The molecule has 1 amide bonds. The van der Waals surface area contributed by atoms with Crippen LogP contribution < -0.4 is 10.6 Å². The summed E-state index contributed by atoms with van der Waals surface area (Å²) in [4.78, 5) is 23.2. The maximum Gasteiger partial charge on any atom is 0.337 e. The van der Waals surface area contributed by atoms with Crippen molar-refractivity contribution in [1.29, 1.82) is 0 Å². The second-order valence-corrected chi connectivity index (χ2v) is 5.61. The van der Waals surface area contributed by atoms with Gasteiger partial charge in [0.1, 0.15) is 0 Å². The summed E-state index contributed by atoms with van der Waals surface area (Å²) in [6, 6.07) is 14.1. The van der Waals surface area contributed by atoms with Crippen LogP contribution in [0.25, 0.3) is 0 Å². The van der Waals surface area contributed by atoms with Gasteiger partial charge in [-0.2, -0.15) is 0 Å². The number of nitrogens with one attached hydrogen (secondary N) is 2. The Morgan fingerprint density at radius 1 is 1.04 bits per heavy atom. The molecule has 0 bridgehead atoms. The fourth-order valence-electron chi connectivity index (χ4n) is 2.07. The van der Waals surface area contributed by atoms with Crippen LogP contribution in [0, 0.1) is 0 Å². The van der Waals surface area contributed by atoms with Crippen LogP contribution >= 0.6 is 11.6 Å². The Balaban J connectivity index is 1.71. The van der Waals surface area contributed by atoms with E-state index in [2.05, 4.69) is 15.4 Å². The SMILES string of the molecule is COC(=O)c1ccc(NC(=O)CCNCc2ccc(Cl)cc2)cc1. The molecular weight excluding hydrogens is 328 g/mol. The Morgan fingerprint density at radius 3 is 2.33 bits per heavy atom. The van der Waals surface area contributed by atoms with E-state index in [1.54, 1.807) is 24.3 Å². The molecule has 126 valence electrons. The summed E-state index contributed by atoms with van der Waals surface area (Å²) < 4.78 is 4.62. The number of hydrogen-bond acceptors (Lipinski definition) is 4. The number of carbonyl (C=O) groups is 2. The van der Waals surface area contributed by atoms with E-state index in [-0.39, 0.29) is 5.91 Å². The number of methoxy groups -OCH3 is 1. The number of rotatable bonds is 7. The lowest BCUT2D eigenvalue weighted by molar-refractivity contribution is -0.116. The highest BCUT2D eigenvalue weighted by atomic mass is 35.5. The van der Waals surface area contributed by atoms with E-state index in [1.165, 1.54) is 7.11 Å². The Labute approximate surface area is 146 Å². The normalized spacial score (nSPS) is 10.2. The highest BCUT2D eigenvalue weighted by molar-refractivity contribution is 6.30. The Kier molecular flexibility index (Phi) is 6.78. The molecule has 0 aliphatic rings. The van der Waals surface area contributed by atoms with Gasteiger partial charge >= 0.3 is 5.97 Å². The van der Waals surface area contributed by atoms with Crippen LogP contribution in [0.15, 0.2) is 48.5 Å². The lowest BCUT2D eigenvalue weighted by Gasteiger charge is -2.07. The van der Waals surface area contributed by atoms with E-state index in [1.807, 2.05) is 24.3 Å². The minimum atomic E-state index is -0.403. The first-order chi connectivity index (χ1) is 11.6. The number of hydrogen-bond donors (Lipinski definition) is 2. The van der Waals surface area contributed by atoms with Gasteiger partial charge in [-0.1, -0.05) is 23.7 Å². The summed E-state index contributed by atoms with van der Waals surface area (Å²) in [7, 11) is 1.33. The average molecular weight is 347 g/mol. The number of anilines is 1. The van der Waals surface area contributed by atoms with Gasteiger partial charge in [0, 0.05) is 30.2 Å². The quantitative estimate of drug-likeness (QED) is 0.596. The van der Waals surface area contributed by atoms with Crippen molar-refractivity contribution in [3.8, 4) is 0 Å². The van der Waals surface area contributed by atoms with Crippen LogP contribution in [0.1, 0.15) is 22.3 Å². The van der Waals surface area contributed by atoms with Crippen LogP contribution in [-0.4, -0.2) is 25.5 Å². The lowest BCUT2D eigenvalue weighted by atomic mass is 10.2. The zero-order chi connectivity index (χ0) is 17.4. The third kappa shape index (κ3) is 5.68. The fourth-order valence-corrected chi connectivity index (χ4v) is 2.19. The molecule has 0 aliphatic carbocycles. The van der Waals surface area contributed by atoms with Crippen LogP contribution in [-0.2, 0) is 16.1 Å². The van der Waals surface area contributed by atoms with Crippen LogP contribution in [0.3, 0.4) is 0 Å². The van der Waals surface area contributed by atoms with E-state index >= 15 is 0 Å². The van der Waals surface area contributed by atoms with Crippen molar-refractivity contribution in [1.82, 2.24) is 5.32 Å². The highest BCUT2D eigenvalue weighted by Gasteiger charge is 2.06. The molecule has 24 heavy (non-hydrogen) atoms. The molecule has 2 N–H and O–H groups in total. The smallest absolute Gasteiger partial charge is 0.337 e. The van der Waals surface area contributed by atoms with Gasteiger partial charge in [-0.25, -0.2) is 4.79 Å². The van der Waals surface area contributed by atoms with Crippen LogP contribution in [0.4, 0.5) is 5.69 Å². The Morgan fingerprint density at radius 2 is 1.71 bits per heavy atom. The van der Waals surface area contributed by atoms with Crippen molar-refractivity contribution in [2.75, 3.05) is 19.0 Å². The minimum Gasteiger partial charge on any atom is -0.465 e. The van der Waals surface area contributed by atoms with Gasteiger partial charge in [-0.3, -0.25) is 4.79 Å². The number of carbonyl (C=O) groups excluding carboxylic acids is 2. The Bertz CT molecular complexity index is 684. The average Bonchev–Trinajstić information content (AvgIpc) is 2.60. The number of halogens is 1. The van der Waals surface area contributed by atoms with Crippen LogP contribution in [0.5, 0.6) is 0 Å². The standard InChI is InChI=1S/C18H19ClN2O3/c1-24-18(23)14-4-8-16(9-5-14)21-17(22)10-11-20-12-13-2-6-15(19)7-3-13/h2-9,20H,10-12H2,1H3,(H,21,22). The van der Waals surface area contributed by atoms with Gasteiger partial charge in [-0.05, 0) is 42.0 Å². The monoisotopic (exact) mass is 346 g/mol. The van der Waals surface area contributed by atoms with E-state index in [9.17, 15) is 9.59 Å². The molecule has 0 spiro atoms. The first kappa shape index (κ1) is 18.0. The molecule has 0 saturated carbocycles. The van der Waals surface area contributed by atoms with Crippen molar-refractivity contribution >= 4 is 29.2 Å². The molecule has 0 aliphatic heterocycles. The van der Waals surface area contributed by atoms with E-state index < -0.39 is 5.97 Å². The summed E-state index contributed by atoms with van der Waals surface area (Å²) in [6.45, 7) is 1.24. The fraction of sp³-hybridized carbons (Fsp3) is 0.222. The van der Waals surface area contributed by atoms with E-state index in [0.717, 1.165) is 5.56 Å².